The van der Waals surface area contributed by atoms with Crippen LogP contribution in [0.3, 0.4) is 0 Å². The number of anilines is 1. The lowest BCUT2D eigenvalue weighted by atomic mass is 10.1. The van der Waals surface area contributed by atoms with Crippen molar-refractivity contribution >= 4 is 17.3 Å². The van der Waals surface area contributed by atoms with Crippen molar-refractivity contribution in [3.05, 3.63) is 46.5 Å². The monoisotopic (exact) mass is 249 g/mol. The molecule has 1 unspecified atom stereocenters. The smallest absolute Gasteiger partial charge is 0.292 e. The predicted octanol–water partition coefficient (Wildman–Crippen LogP) is 2.07. The minimum atomic E-state index is -0.621. The molecule has 96 valence electrons. The quantitative estimate of drug-likeness (QED) is 0.458. The van der Waals surface area contributed by atoms with Gasteiger partial charge in [-0.25, -0.2) is 0 Å². The molecule has 1 rings (SSSR count). The summed E-state index contributed by atoms with van der Waals surface area (Å²) in [4.78, 5) is 21.4. The number of primary amides is 1. The van der Waals surface area contributed by atoms with Gasteiger partial charge in [-0.05, 0) is 25.5 Å². The van der Waals surface area contributed by atoms with E-state index in [1.54, 1.807) is 6.08 Å². The van der Waals surface area contributed by atoms with Crippen LogP contribution in [0.5, 0.6) is 0 Å². The molecule has 0 saturated carbocycles. The van der Waals surface area contributed by atoms with Crippen molar-refractivity contribution < 1.29 is 9.72 Å². The summed E-state index contributed by atoms with van der Waals surface area (Å²) in [7, 11) is 0. The zero-order valence-corrected chi connectivity index (χ0v) is 10.1. The molecule has 0 fully saturated rings. The van der Waals surface area contributed by atoms with Gasteiger partial charge in [0.15, 0.2) is 0 Å². The van der Waals surface area contributed by atoms with Crippen molar-refractivity contribution in [1.82, 2.24) is 0 Å². The highest BCUT2D eigenvalue weighted by atomic mass is 16.6. The number of hydrogen-bond acceptors (Lipinski definition) is 4. The normalized spacial score (nSPS) is 11.6. The molecule has 0 aliphatic rings. The minimum absolute atomic E-state index is 0.0238. The number of nitro benzene ring substituents is 1. The predicted molar refractivity (Wildman–Crippen MR) is 69.5 cm³/mol. The number of nitrogens with one attached hydrogen (secondary N) is 1. The van der Waals surface area contributed by atoms with E-state index < -0.39 is 10.8 Å². The lowest BCUT2D eigenvalue weighted by Crippen LogP contribution is -2.17. The Labute approximate surface area is 105 Å². The van der Waals surface area contributed by atoms with E-state index >= 15 is 0 Å². The van der Waals surface area contributed by atoms with E-state index in [0.717, 1.165) is 0 Å². The molecule has 18 heavy (non-hydrogen) atoms. The number of carbonyl (C=O) groups excluding carboxylic acids is 1. The summed E-state index contributed by atoms with van der Waals surface area (Å²) in [5.74, 6) is -0.621. The Balaban J connectivity index is 3.11. The Hall–Kier alpha value is -2.37. The van der Waals surface area contributed by atoms with Gasteiger partial charge in [0.2, 0.25) is 5.91 Å². The number of nitro groups is 1. The van der Waals surface area contributed by atoms with Gasteiger partial charge in [0.25, 0.3) is 5.69 Å². The van der Waals surface area contributed by atoms with Gasteiger partial charge in [0.05, 0.1) is 4.92 Å². The van der Waals surface area contributed by atoms with E-state index in [2.05, 4.69) is 11.9 Å². The summed E-state index contributed by atoms with van der Waals surface area (Å²) in [6.45, 7) is 5.46. The molecule has 6 heteroatoms. The van der Waals surface area contributed by atoms with Crippen molar-refractivity contribution in [2.24, 2.45) is 5.73 Å². The molecule has 0 spiro atoms. The highest BCUT2D eigenvalue weighted by Crippen LogP contribution is 2.26. The van der Waals surface area contributed by atoms with Gasteiger partial charge in [0.1, 0.15) is 5.69 Å². The first-order valence-corrected chi connectivity index (χ1v) is 5.41. The molecule has 1 aromatic carbocycles. The standard InChI is InChI=1S/C12H15N3O3/c1-3-4-8(2)14-10-7-9(12(13)16)5-6-11(10)15(17)18/h3,5-8,14H,1,4H2,2H3,(H2,13,16). The average molecular weight is 249 g/mol. The number of carbonyl (C=O) groups is 1. The molecule has 0 aromatic heterocycles. The Morgan fingerprint density at radius 2 is 2.33 bits per heavy atom. The Morgan fingerprint density at radius 1 is 1.67 bits per heavy atom. The molecule has 1 atom stereocenters. The molecule has 0 aliphatic carbocycles. The summed E-state index contributed by atoms with van der Waals surface area (Å²) >= 11 is 0. The molecule has 1 amide bonds. The van der Waals surface area contributed by atoms with Gasteiger partial charge in [-0.1, -0.05) is 6.08 Å². The minimum Gasteiger partial charge on any atom is -0.377 e. The van der Waals surface area contributed by atoms with Crippen LogP contribution in [0.15, 0.2) is 30.9 Å². The fourth-order valence-electron chi connectivity index (χ4n) is 1.54. The van der Waals surface area contributed by atoms with Crippen LogP contribution >= 0.6 is 0 Å². The van der Waals surface area contributed by atoms with Crippen molar-refractivity contribution in [1.29, 1.82) is 0 Å². The second-order valence-electron chi connectivity index (χ2n) is 3.92. The van der Waals surface area contributed by atoms with Gasteiger partial charge >= 0.3 is 0 Å². The van der Waals surface area contributed by atoms with Crippen LogP contribution in [0.25, 0.3) is 0 Å². The van der Waals surface area contributed by atoms with E-state index in [9.17, 15) is 14.9 Å². The van der Waals surface area contributed by atoms with Crippen molar-refractivity contribution in [3.8, 4) is 0 Å². The van der Waals surface area contributed by atoms with Crippen molar-refractivity contribution in [3.63, 3.8) is 0 Å². The molecule has 3 N–H and O–H groups in total. The number of amides is 1. The van der Waals surface area contributed by atoms with Crippen LogP contribution in [0.1, 0.15) is 23.7 Å². The molecule has 0 heterocycles. The maximum absolute atomic E-state index is 11.1. The van der Waals surface area contributed by atoms with E-state index in [1.165, 1.54) is 18.2 Å². The first kappa shape index (κ1) is 13.7. The van der Waals surface area contributed by atoms with Gasteiger partial charge < -0.3 is 11.1 Å². The fourth-order valence-corrected chi connectivity index (χ4v) is 1.54. The molecule has 1 aromatic rings. The van der Waals surface area contributed by atoms with Crippen LogP contribution < -0.4 is 11.1 Å². The molecular weight excluding hydrogens is 234 g/mol. The van der Waals surface area contributed by atoms with E-state index in [-0.39, 0.29) is 23.0 Å². The number of nitrogens with zero attached hydrogens (tertiary/aromatic N) is 1. The molecule has 0 bridgehead atoms. The van der Waals surface area contributed by atoms with E-state index in [1.807, 2.05) is 6.92 Å². The van der Waals surface area contributed by atoms with Crippen molar-refractivity contribution in [2.75, 3.05) is 5.32 Å². The Bertz CT molecular complexity index is 485. The SMILES string of the molecule is C=CCC(C)Nc1cc(C(N)=O)ccc1[N+](=O)[O-]. The number of nitrogens with two attached hydrogens (primary N) is 1. The fraction of sp³-hybridized carbons (Fsp3) is 0.250. The van der Waals surface area contributed by atoms with E-state index in [4.69, 9.17) is 5.73 Å². The third-order valence-corrected chi connectivity index (χ3v) is 2.40. The first-order valence-electron chi connectivity index (χ1n) is 5.41. The van der Waals surface area contributed by atoms with Crippen molar-refractivity contribution in [2.45, 2.75) is 19.4 Å². The zero-order valence-electron chi connectivity index (χ0n) is 10.1. The van der Waals surface area contributed by atoms with Crippen LogP contribution in [0, 0.1) is 10.1 Å². The second-order valence-corrected chi connectivity index (χ2v) is 3.92. The highest BCUT2D eigenvalue weighted by molar-refractivity contribution is 5.94. The summed E-state index contributed by atoms with van der Waals surface area (Å²) in [5.41, 5.74) is 5.57. The summed E-state index contributed by atoms with van der Waals surface area (Å²) in [5, 5.41) is 13.8. The average Bonchev–Trinajstić information content (AvgIpc) is 2.28. The molecule has 0 radical (unpaired) electrons. The third kappa shape index (κ3) is 3.31. The number of benzene rings is 1. The maximum atomic E-state index is 11.1. The van der Waals surface area contributed by atoms with E-state index in [0.29, 0.717) is 6.42 Å². The van der Waals surface area contributed by atoms with Gasteiger partial charge in [-0.15, -0.1) is 6.58 Å². The second kappa shape index (κ2) is 5.81. The Morgan fingerprint density at radius 3 is 2.83 bits per heavy atom. The van der Waals surface area contributed by atoms with Crippen LogP contribution in [0.4, 0.5) is 11.4 Å². The van der Waals surface area contributed by atoms with Gasteiger partial charge in [-0.2, -0.15) is 0 Å². The number of hydrogen-bond donors (Lipinski definition) is 2. The lowest BCUT2D eigenvalue weighted by Gasteiger charge is -2.13. The summed E-state index contributed by atoms with van der Waals surface area (Å²) in [6.07, 6.45) is 2.36. The highest BCUT2D eigenvalue weighted by Gasteiger charge is 2.16. The van der Waals surface area contributed by atoms with Crippen LogP contribution in [-0.4, -0.2) is 16.9 Å². The summed E-state index contributed by atoms with van der Waals surface area (Å²) < 4.78 is 0. The summed E-state index contributed by atoms with van der Waals surface area (Å²) in [6, 6.07) is 3.97. The molecule has 6 nitrogen and oxygen atoms in total. The van der Waals surface area contributed by atoms with Crippen LogP contribution in [0.2, 0.25) is 0 Å². The molecular formula is C12H15N3O3. The zero-order chi connectivity index (χ0) is 13.7. The Kier molecular flexibility index (Phi) is 4.42. The lowest BCUT2D eigenvalue weighted by molar-refractivity contribution is -0.384. The van der Waals surface area contributed by atoms with Gasteiger partial charge in [0, 0.05) is 17.7 Å². The first-order chi connectivity index (χ1) is 8.45. The number of rotatable bonds is 6. The molecule has 0 saturated heterocycles. The maximum Gasteiger partial charge on any atom is 0.292 e. The third-order valence-electron chi connectivity index (χ3n) is 2.40. The van der Waals surface area contributed by atoms with Crippen LogP contribution in [-0.2, 0) is 0 Å². The molecule has 0 aliphatic heterocycles. The van der Waals surface area contributed by atoms with Gasteiger partial charge in [-0.3, -0.25) is 14.9 Å². The largest absolute Gasteiger partial charge is 0.377 e. The topological polar surface area (TPSA) is 98.3 Å².